The molecule has 1 rings (SSSR count). The number of alkyl halides is 2. The summed E-state index contributed by atoms with van der Waals surface area (Å²) < 4.78 is 0. The third-order valence-electron chi connectivity index (χ3n) is 7.40. The molecule has 1 aliphatic heterocycles. The Labute approximate surface area is 217 Å². The molecule has 0 aromatic carbocycles. The van der Waals surface area contributed by atoms with Crippen molar-refractivity contribution >= 4 is 23.2 Å². The van der Waals surface area contributed by atoms with Gasteiger partial charge >= 0.3 is 0 Å². The number of unbranched alkanes of at least 4 members (excludes halogenated alkanes) is 15. The summed E-state index contributed by atoms with van der Waals surface area (Å²) in [6.07, 6.45) is 25.1. The van der Waals surface area contributed by atoms with E-state index in [1.807, 2.05) is 0 Å². The van der Waals surface area contributed by atoms with Crippen LogP contribution in [-0.2, 0) is 0 Å². The third kappa shape index (κ3) is 12.8. The summed E-state index contributed by atoms with van der Waals surface area (Å²) in [6.45, 7) is 8.52. The fraction of sp³-hybridized carbons (Fsp3) is 1.00. The van der Waals surface area contributed by atoms with Crippen molar-refractivity contribution in [3.8, 4) is 0 Å². The molecule has 4 atom stereocenters. The van der Waals surface area contributed by atoms with Crippen LogP contribution in [0.25, 0.3) is 0 Å². The SMILES string of the molecule is CCCCCCCCCCCCCCCCCCC(C)C1N(CCC)C(Cl)C(Cl)N1CCO. The fourth-order valence-electron chi connectivity index (χ4n) is 5.50. The molecule has 0 aliphatic carbocycles. The zero-order valence-electron chi connectivity index (χ0n) is 22.3. The minimum atomic E-state index is -0.219. The van der Waals surface area contributed by atoms with E-state index >= 15 is 0 Å². The van der Waals surface area contributed by atoms with Gasteiger partial charge in [0.05, 0.1) is 12.8 Å². The first kappa shape index (κ1) is 31.5. The van der Waals surface area contributed by atoms with Gasteiger partial charge in [-0.3, -0.25) is 9.80 Å². The quantitative estimate of drug-likeness (QED) is 0.0901. The molecule has 0 spiro atoms. The van der Waals surface area contributed by atoms with Crippen molar-refractivity contribution in [2.24, 2.45) is 5.92 Å². The maximum absolute atomic E-state index is 9.51. The van der Waals surface area contributed by atoms with Crippen LogP contribution in [0, 0.1) is 5.92 Å². The average molecular weight is 508 g/mol. The van der Waals surface area contributed by atoms with E-state index in [0.717, 1.165) is 13.0 Å². The van der Waals surface area contributed by atoms with E-state index in [1.54, 1.807) is 0 Å². The summed E-state index contributed by atoms with van der Waals surface area (Å²) in [7, 11) is 0. The molecule has 0 saturated carbocycles. The minimum Gasteiger partial charge on any atom is -0.395 e. The van der Waals surface area contributed by atoms with E-state index in [0.29, 0.717) is 12.5 Å². The summed E-state index contributed by atoms with van der Waals surface area (Å²) in [5, 5.41) is 9.51. The normalized spacial score (nSPS) is 22.9. The molecular weight excluding hydrogens is 451 g/mol. The lowest BCUT2D eigenvalue weighted by molar-refractivity contribution is 0.0612. The molecule has 4 unspecified atom stereocenters. The average Bonchev–Trinajstić information content (AvgIpc) is 3.04. The number of aliphatic hydroxyl groups is 1. The van der Waals surface area contributed by atoms with Gasteiger partial charge in [-0.05, 0) is 18.8 Å². The smallest absolute Gasteiger partial charge is 0.116 e. The van der Waals surface area contributed by atoms with Crippen LogP contribution < -0.4 is 0 Å². The van der Waals surface area contributed by atoms with E-state index in [2.05, 4.69) is 30.6 Å². The number of hydrogen-bond donors (Lipinski definition) is 1. The number of hydrogen-bond acceptors (Lipinski definition) is 3. The maximum atomic E-state index is 9.51. The first-order valence-corrected chi connectivity index (χ1v) is 15.4. The van der Waals surface area contributed by atoms with Gasteiger partial charge in [-0.25, -0.2) is 0 Å². The van der Waals surface area contributed by atoms with Crippen LogP contribution in [0.1, 0.15) is 136 Å². The molecule has 5 heteroatoms. The molecule has 198 valence electrons. The Bertz CT molecular complexity index is 422. The van der Waals surface area contributed by atoms with Crippen molar-refractivity contribution in [3.63, 3.8) is 0 Å². The monoisotopic (exact) mass is 506 g/mol. The molecule has 1 aliphatic rings. The highest BCUT2D eigenvalue weighted by molar-refractivity contribution is 6.29. The zero-order valence-corrected chi connectivity index (χ0v) is 23.8. The molecule has 33 heavy (non-hydrogen) atoms. The summed E-state index contributed by atoms with van der Waals surface area (Å²) in [5.41, 5.74) is -0.389. The molecule has 0 aromatic rings. The largest absolute Gasteiger partial charge is 0.395 e. The van der Waals surface area contributed by atoms with Gasteiger partial charge in [0, 0.05) is 13.1 Å². The van der Waals surface area contributed by atoms with Gasteiger partial charge in [0.2, 0.25) is 0 Å². The second-order valence-electron chi connectivity index (χ2n) is 10.4. The number of nitrogens with zero attached hydrogens (tertiary/aromatic N) is 2. The van der Waals surface area contributed by atoms with Gasteiger partial charge in [-0.1, -0.05) is 124 Å². The summed E-state index contributed by atoms with van der Waals surface area (Å²) >= 11 is 13.3. The molecule has 1 heterocycles. The van der Waals surface area contributed by atoms with Crippen LogP contribution in [0.5, 0.6) is 0 Å². The molecule has 1 N–H and O–H groups in total. The Morgan fingerprint density at radius 2 is 1.00 bits per heavy atom. The Morgan fingerprint density at radius 3 is 1.39 bits per heavy atom. The maximum Gasteiger partial charge on any atom is 0.116 e. The van der Waals surface area contributed by atoms with Crippen LogP contribution in [0.4, 0.5) is 0 Å². The van der Waals surface area contributed by atoms with Crippen molar-refractivity contribution in [2.75, 3.05) is 19.7 Å². The molecular formula is C28H56Cl2N2O. The van der Waals surface area contributed by atoms with Gasteiger partial charge in [-0.15, -0.1) is 23.2 Å². The minimum absolute atomic E-state index is 0.134. The van der Waals surface area contributed by atoms with E-state index in [-0.39, 0.29) is 23.8 Å². The Hall–Kier alpha value is 0.460. The Balaban J connectivity index is 2.06. The fourth-order valence-corrected chi connectivity index (χ4v) is 6.22. The van der Waals surface area contributed by atoms with Gasteiger partial charge < -0.3 is 5.11 Å². The zero-order chi connectivity index (χ0) is 24.3. The summed E-state index contributed by atoms with van der Waals surface area (Å²) in [5.74, 6) is 0.514. The van der Waals surface area contributed by atoms with Gasteiger partial charge in [-0.2, -0.15) is 0 Å². The first-order chi connectivity index (χ1) is 16.1. The van der Waals surface area contributed by atoms with Gasteiger partial charge in [0.25, 0.3) is 0 Å². The van der Waals surface area contributed by atoms with E-state index in [9.17, 15) is 5.11 Å². The molecule has 0 radical (unpaired) electrons. The van der Waals surface area contributed by atoms with E-state index in [1.165, 1.54) is 109 Å². The molecule has 0 aromatic heterocycles. The third-order valence-corrected chi connectivity index (χ3v) is 8.51. The highest BCUT2D eigenvalue weighted by Gasteiger charge is 2.46. The second-order valence-corrected chi connectivity index (χ2v) is 11.3. The Kier molecular flexibility index (Phi) is 19.7. The molecule has 0 amide bonds. The molecule has 3 nitrogen and oxygen atoms in total. The molecule has 1 saturated heterocycles. The van der Waals surface area contributed by atoms with Crippen molar-refractivity contribution in [2.45, 2.75) is 154 Å². The van der Waals surface area contributed by atoms with Crippen LogP contribution in [-0.4, -0.2) is 51.8 Å². The highest BCUT2D eigenvalue weighted by Crippen LogP contribution is 2.36. The van der Waals surface area contributed by atoms with Crippen molar-refractivity contribution < 1.29 is 5.11 Å². The lowest BCUT2D eigenvalue weighted by atomic mass is 9.97. The van der Waals surface area contributed by atoms with Crippen LogP contribution in [0.15, 0.2) is 0 Å². The number of halogens is 2. The number of β-amino-alcohol motifs (C(OH)–C–C–N with tert-alkyl or cyclic N) is 1. The summed E-state index contributed by atoms with van der Waals surface area (Å²) in [6, 6.07) is 0. The molecule has 1 fully saturated rings. The van der Waals surface area contributed by atoms with Crippen molar-refractivity contribution in [1.29, 1.82) is 0 Å². The topological polar surface area (TPSA) is 26.7 Å². The van der Waals surface area contributed by atoms with E-state index < -0.39 is 0 Å². The Morgan fingerprint density at radius 1 is 0.606 bits per heavy atom. The summed E-state index contributed by atoms with van der Waals surface area (Å²) in [4.78, 5) is 4.57. The van der Waals surface area contributed by atoms with Crippen LogP contribution in [0.2, 0.25) is 0 Å². The van der Waals surface area contributed by atoms with Gasteiger partial charge in [0.1, 0.15) is 11.0 Å². The predicted octanol–water partition coefficient (Wildman–Crippen LogP) is 8.75. The van der Waals surface area contributed by atoms with Gasteiger partial charge in [0.15, 0.2) is 0 Å². The van der Waals surface area contributed by atoms with Crippen molar-refractivity contribution in [3.05, 3.63) is 0 Å². The van der Waals surface area contributed by atoms with E-state index in [4.69, 9.17) is 23.2 Å². The lowest BCUT2D eigenvalue weighted by Crippen LogP contribution is -2.46. The van der Waals surface area contributed by atoms with Crippen molar-refractivity contribution in [1.82, 2.24) is 9.80 Å². The number of aliphatic hydroxyl groups excluding tert-OH is 1. The molecule has 0 bridgehead atoms. The standard InChI is InChI=1S/C28H56Cl2N2O/c1-4-6-7-8-9-10-11-12-13-14-15-16-17-18-19-20-21-25(3)28-31(22-5-2)26(29)27(30)32(28)23-24-33/h25-28,33H,4-24H2,1-3H3. The van der Waals surface area contributed by atoms with Crippen LogP contribution >= 0.6 is 23.2 Å². The highest BCUT2D eigenvalue weighted by atomic mass is 35.5. The number of rotatable bonds is 22. The lowest BCUT2D eigenvalue weighted by Gasteiger charge is -2.35. The second kappa shape index (κ2) is 20.6. The van der Waals surface area contributed by atoms with Crippen LogP contribution in [0.3, 0.4) is 0 Å². The first-order valence-electron chi connectivity index (χ1n) is 14.5. The predicted molar refractivity (Wildman–Crippen MR) is 147 cm³/mol.